The molecule has 0 unspecified atom stereocenters. The normalized spacial score (nSPS) is 18.5. The van der Waals surface area contributed by atoms with Crippen LogP contribution in [0.3, 0.4) is 0 Å². The van der Waals surface area contributed by atoms with Crippen molar-refractivity contribution >= 4 is 27.5 Å². The van der Waals surface area contributed by atoms with Gasteiger partial charge in [-0.25, -0.2) is 0 Å². The summed E-state index contributed by atoms with van der Waals surface area (Å²) in [5, 5.41) is 4.77. The Bertz CT molecular complexity index is 1180. The summed E-state index contributed by atoms with van der Waals surface area (Å²) < 4.78 is 48.0. The van der Waals surface area contributed by atoms with Crippen LogP contribution < -0.4 is 15.2 Å². The van der Waals surface area contributed by atoms with Crippen molar-refractivity contribution in [3.8, 4) is 11.4 Å². The van der Waals surface area contributed by atoms with Crippen LogP contribution in [0.4, 0.5) is 10.1 Å². The number of piperazine rings is 1. The maximum Gasteiger partial charge on any atom is 0.316 e. The van der Waals surface area contributed by atoms with Crippen molar-refractivity contribution in [1.82, 2.24) is 18.4 Å². The number of halogens is 2. The first-order valence-electron chi connectivity index (χ1n) is 10.7. The predicted molar refractivity (Wildman–Crippen MR) is 124 cm³/mol. The Kier molecular flexibility index (Phi) is 6.68. The lowest BCUT2D eigenvalue weighted by molar-refractivity contribution is 0.197. The summed E-state index contributed by atoms with van der Waals surface area (Å²) in [4.78, 5) is 15.3. The van der Waals surface area contributed by atoms with Crippen LogP contribution in [0.2, 0.25) is 5.02 Å². The maximum atomic E-state index is 13.4. The fourth-order valence-electron chi connectivity index (χ4n) is 3.69. The first kappa shape index (κ1) is 23.9. The van der Waals surface area contributed by atoms with Crippen LogP contribution in [0.25, 0.3) is 5.69 Å². The molecule has 0 atom stereocenters. The number of benzene rings is 1. The van der Waals surface area contributed by atoms with Crippen LogP contribution in [0.15, 0.2) is 35.3 Å². The average Bonchev–Trinajstić information content (AvgIpc) is 3.58. The molecule has 2 aliphatic rings. The molecule has 9 nitrogen and oxygen atoms in total. The van der Waals surface area contributed by atoms with Gasteiger partial charge >= 0.3 is 5.56 Å². The standard InChI is InChI=1S/C21H27ClFN5O4S/c1-25(2)33(30,31)27-10-8-26(9-11-27)18-13-24-28(17-5-3-4-16(22)12-17)20(29)19(18)32-15-21(14-23)6-7-21/h3-5,12-13H,6-11,14-15H2,1-2H3. The molecule has 4 rings (SSSR count). The molecule has 180 valence electrons. The van der Waals surface area contributed by atoms with Crippen LogP contribution in [0.5, 0.6) is 5.75 Å². The lowest BCUT2D eigenvalue weighted by atomic mass is 10.1. The van der Waals surface area contributed by atoms with Gasteiger partial charge in [0.25, 0.3) is 10.2 Å². The highest BCUT2D eigenvalue weighted by molar-refractivity contribution is 7.86. The second-order valence-electron chi connectivity index (χ2n) is 8.65. The second kappa shape index (κ2) is 9.21. The van der Waals surface area contributed by atoms with Gasteiger partial charge in [-0.2, -0.15) is 26.8 Å². The highest BCUT2D eigenvalue weighted by Crippen LogP contribution is 2.46. The van der Waals surface area contributed by atoms with Gasteiger partial charge in [-0.1, -0.05) is 17.7 Å². The number of nitrogens with zero attached hydrogens (tertiary/aromatic N) is 5. The van der Waals surface area contributed by atoms with Gasteiger partial charge in [0, 0.05) is 50.7 Å². The first-order chi connectivity index (χ1) is 15.7. The molecule has 1 saturated heterocycles. The Morgan fingerprint density at radius 2 is 1.91 bits per heavy atom. The van der Waals surface area contributed by atoms with E-state index in [1.165, 1.54) is 33.6 Å². The summed E-state index contributed by atoms with van der Waals surface area (Å²) in [6, 6.07) is 6.74. The highest BCUT2D eigenvalue weighted by Gasteiger charge is 2.44. The Hall–Kier alpha value is -2.21. The second-order valence-corrected chi connectivity index (χ2v) is 11.2. The van der Waals surface area contributed by atoms with E-state index in [0.717, 1.165) is 0 Å². The number of anilines is 1. The Labute approximate surface area is 197 Å². The molecular weight excluding hydrogens is 473 g/mol. The minimum Gasteiger partial charge on any atom is -0.486 e. The summed E-state index contributed by atoms with van der Waals surface area (Å²) in [6.45, 7) is 0.828. The summed E-state index contributed by atoms with van der Waals surface area (Å²) in [5.74, 6) is 0.0774. The van der Waals surface area contributed by atoms with Crippen molar-refractivity contribution in [3.63, 3.8) is 0 Å². The number of aromatic nitrogens is 2. The fraction of sp³-hybridized carbons (Fsp3) is 0.524. The van der Waals surface area contributed by atoms with Crippen molar-refractivity contribution in [2.24, 2.45) is 5.41 Å². The molecule has 12 heteroatoms. The minimum atomic E-state index is -3.52. The smallest absolute Gasteiger partial charge is 0.316 e. The molecule has 1 aliphatic heterocycles. The molecule has 0 bridgehead atoms. The molecule has 0 N–H and O–H groups in total. The molecule has 33 heavy (non-hydrogen) atoms. The van der Waals surface area contributed by atoms with Crippen molar-refractivity contribution < 1.29 is 17.5 Å². The van der Waals surface area contributed by atoms with Crippen molar-refractivity contribution in [1.29, 1.82) is 0 Å². The van der Waals surface area contributed by atoms with Gasteiger partial charge in [0.15, 0.2) is 0 Å². The maximum absolute atomic E-state index is 13.4. The Balaban J connectivity index is 1.64. The van der Waals surface area contributed by atoms with Gasteiger partial charge < -0.3 is 9.64 Å². The van der Waals surface area contributed by atoms with Crippen molar-refractivity contribution in [2.75, 3.05) is 58.5 Å². The molecule has 2 heterocycles. The SMILES string of the molecule is CN(C)S(=O)(=O)N1CCN(c2cnn(-c3cccc(Cl)c3)c(=O)c2OCC2(CF)CC2)CC1. The van der Waals surface area contributed by atoms with E-state index in [2.05, 4.69) is 5.10 Å². The zero-order valence-corrected chi connectivity index (χ0v) is 20.1. The van der Waals surface area contributed by atoms with E-state index in [1.54, 1.807) is 24.3 Å². The quantitative estimate of drug-likeness (QED) is 0.551. The van der Waals surface area contributed by atoms with Crippen LogP contribution in [0.1, 0.15) is 12.8 Å². The molecule has 1 aromatic heterocycles. The summed E-state index contributed by atoms with van der Waals surface area (Å²) >= 11 is 6.08. The topological polar surface area (TPSA) is 88.0 Å². The molecule has 1 aromatic carbocycles. The highest BCUT2D eigenvalue weighted by atomic mass is 35.5. The van der Waals surface area contributed by atoms with Gasteiger partial charge in [-0.3, -0.25) is 9.18 Å². The third kappa shape index (κ3) is 4.86. The van der Waals surface area contributed by atoms with E-state index in [0.29, 0.717) is 42.3 Å². The first-order valence-corrected chi connectivity index (χ1v) is 12.4. The van der Waals surface area contributed by atoms with Crippen LogP contribution >= 0.6 is 11.6 Å². The molecule has 0 amide bonds. The fourth-order valence-corrected chi connectivity index (χ4v) is 4.96. The molecule has 2 fully saturated rings. The lowest BCUT2D eigenvalue weighted by Gasteiger charge is -2.36. The zero-order chi connectivity index (χ0) is 23.8. The summed E-state index contributed by atoms with van der Waals surface area (Å²) in [7, 11) is -0.539. The number of rotatable bonds is 8. The van der Waals surface area contributed by atoms with Crippen LogP contribution in [-0.2, 0) is 10.2 Å². The number of ether oxygens (including phenoxy) is 1. The largest absolute Gasteiger partial charge is 0.486 e. The summed E-state index contributed by atoms with van der Waals surface area (Å²) in [5.41, 5.74) is -0.0631. The minimum absolute atomic E-state index is 0.0774. The van der Waals surface area contributed by atoms with Gasteiger partial charge in [0.1, 0.15) is 5.69 Å². The Morgan fingerprint density at radius 3 is 2.48 bits per heavy atom. The molecule has 1 aliphatic carbocycles. The van der Waals surface area contributed by atoms with Gasteiger partial charge in [-0.15, -0.1) is 0 Å². The summed E-state index contributed by atoms with van der Waals surface area (Å²) in [6.07, 6.45) is 2.96. The van der Waals surface area contributed by atoms with E-state index in [1.807, 2.05) is 4.90 Å². The molecule has 1 saturated carbocycles. The van der Waals surface area contributed by atoms with Crippen molar-refractivity contribution in [3.05, 3.63) is 45.8 Å². The van der Waals surface area contributed by atoms with E-state index in [-0.39, 0.29) is 25.4 Å². The predicted octanol–water partition coefficient (Wildman–Crippen LogP) is 1.94. The number of alkyl halides is 1. The van der Waals surface area contributed by atoms with E-state index in [4.69, 9.17) is 16.3 Å². The lowest BCUT2D eigenvalue weighted by Crippen LogP contribution is -2.52. The molecular formula is C21H27ClFN5O4S. The number of hydrogen-bond donors (Lipinski definition) is 0. The van der Waals surface area contributed by atoms with Crippen LogP contribution in [-0.4, -0.2) is 80.4 Å². The Morgan fingerprint density at radius 1 is 1.21 bits per heavy atom. The van der Waals surface area contributed by atoms with E-state index in [9.17, 15) is 17.6 Å². The number of hydrogen-bond acceptors (Lipinski definition) is 6. The van der Waals surface area contributed by atoms with E-state index >= 15 is 0 Å². The third-order valence-corrected chi connectivity index (χ3v) is 8.27. The molecule has 0 spiro atoms. The van der Waals surface area contributed by atoms with Gasteiger partial charge in [0.05, 0.1) is 25.2 Å². The average molecular weight is 500 g/mol. The molecule has 2 aromatic rings. The zero-order valence-electron chi connectivity index (χ0n) is 18.6. The van der Waals surface area contributed by atoms with Crippen molar-refractivity contribution in [2.45, 2.75) is 12.8 Å². The van der Waals surface area contributed by atoms with Gasteiger partial charge in [-0.05, 0) is 31.0 Å². The van der Waals surface area contributed by atoms with E-state index < -0.39 is 27.9 Å². The monoisotopic (exact) mass is 499 g/mol. The third-order valence-electron chi connectivity index (χ3n) is 6.10. The molecule has 0 radical (unpaired) electrons. The van der Waals surface area contributed by atoms with Gasteiger partial charge in [0.2, 0.25) is 5.75 Å². The van der Waals surface area contributed by atoms with Crippen LogP contribution in [0, 0.1) is 5.41 Å².